The number of methoxy groups -OCH3 is 1. The fourth-order valence-electron chi connectivity index (χ4n) is 3.00. The Balaban J connectivity index is 1.92. The number of hydrogen-bond acceptors (Lipinski definition) is 5. The number of aromatic nitrogens is 1. The van der Waals surface area contributed by atoms with Crippen LogP contribution in [0, 0.1) is 13.8 Å². The lowest BCUT2D eigenvalue weighted by atomic mass is 10.0. The molecule has 0 saturated heterocycles. The van der Waals surface area contributed by atoms with E-state index < -0.39 is 0 Å². The molecule has 0 unspecified atom stereocenters. The van der Waals surface area contributed by atoms with Gasteiger partial charge in [-0.05, 0) is 44.4 Å². The minimum absolute atomic E-state index is 0.142. The van der Waals surface area contributed by atoms with Crippen LogP contribution in [0.15, 0.2) is 31.9 Å². The van der Waals surface area contributed by atoms with Gasteiger partial charge in [0.05, 0.1) is 18.2 Å². The van der Waals surface area contributed by atoms with Crippen LogP contribution in [0.3, 0.4) is 0 Å². The van der Waals surface area contributed by atoms with Gasteiger partial charge in [0.15, 0.2) is 5.76 Å². The molecule has 5 nitrogen and oxygen atoms in total. The van der Waals surface area contributed by atoms with Crippen molar-refractivity contribution in [2.24, 2.45) is 0 Å². The smallest absolute Gasteiger partial charge is 0.339 e. The van der Waals surface area contributed by atoms with Crippen LogP contribution in [-0.2, 0) is 5.41 Å². The van der Waals surface area contributed by atoms with Crippen molar-refractivity contribution >= 4 is 11.0 Å². The van der Waals surface area contributed by atoms with Crippen molar-refractivity contribution < 1.29 is 13.7 Å². The molecule has 0 amide bonds. The minimum atomic E-state index is -0.331. The average molecular weight is 325 g/mol. The zero-order valence-corrected chi connectivity index (χ0v) is 14.2. The maximum absolute atomic E-state index is 12.0. The molecule has 0 spiro atoms. The molecule has 2 heterocycles. The van der Waals surface area contributed by atoms with Crippen LogP contribution < -0.4 is 10.4 Å². The Bertz CT molecular complexity index is 1010. The summed E-state index contributed by atoms with van der Waals surface area (Å²) in [4.78, 5) is 12.0. The van der Waals surface area contributed by atoms with Crippen molar-refractivity contribution in [1.82, 2.24) is 5.16 Å². The van der Waals surface area contributed by atoms with Gasteiger partial charge >= 0.3 is 5.63 Å². The van der Waals surface area contributed by atoms with Gasteiger partial charge in [-0.2, -0.15) is 0 Å². The maximum Gasteiger partial charge on any atom is 0.339 e. The van der Waals surface area contributed by atoms with Crippen LogP contribution in [0.25, 0.3) is 22.3 Å². The quantitative estimate of drug-likeness (QED) is 0.678. The van der Waals surface area contributed by atoms with E-state index in [2.05, 4.69) is 12.1 Å². The SMILES string of the molecule is COc1cc(-c2cc(C3(C)CC3)no2)cc2oc(=O)c(C)c(C)c12. The van der Waals surface area contributed by atoms with Crippen LogP contribution >= 0.6 is 0 Å². The van der Waals surface area contributed by atoms with Crippen molar-refractivity contribution in [3.63, 3.8) is 0 Å². The van der Waals surface area contributed by atoms with Crippen molar-refractivity contribution in [3.8, 4) is 17.1 Å². The van der Waals surface area contributed by atoms with Crippen molar-refractivity contribution in [2.45, 2.75) is 39.0 Å². The molecule has 2 aromatic heterocycles. The van der Waals surface area contributed by atoms with Gasteiger partial charge in [0, 0.05) is 22.6 Å². The second kappa shape index (κ2) is 4.97. The Morgan fingerprint density at radius 1 is 1.17 bits per heavy atom. The fourth-order valence-corrected chi connectivity index (χ4v) is 3.00. The summed E-state index contributed by atoms with van der Waals surface area (Å²) >= 11 is 0. The highest BCUT2D eigenvalue weighted by atomic mass is 16.5. The second-order valence-electron chi connectivity index (χ2n) is 6.83. The van der Waals surface area contributed by atoms with Crippen LogP contribution in [0.1, 0.15) is 36.6 Å². The lowest BCUT2D eigenvalue weighted by Gasteiger charge is -2.10. The van der Waals surface area contributed by atoms with Crippen LogP contribution in [0.5, 0.6) is 5.75 Å². The molecule has 1 fully saturated rings. The fraction of sp³-hybridized carbons (Fsp3) is 0.368. The van der Waals surface area contributed by atoms with Gasteiger partial charge < -0.3 is 13.7 Å². The first-order valence-electron chi connectivity index (χ1n) is 8.02. The first-order valence-corrected chi connectivity index (χ1v) is 8.02. The number of hydrogen-bond donors (Lipinski definition) is 0. The van der Waals surface area contributed by atoms with E-state index in [1.54, 1.807) is 14.0 Å². The average Bonchev–Trinajstić information content (AvgIpc) is 3.12. The minimum Gasteiger partial charge on any atom is -0.496 e. The van der Waals surface area contributed by atoms with Gasteiger partial charge in [-0.15, -0.1) is 0 Å². The summed E-state index contributed by atoms with van der Waals surface area (Å²) in [5, 5.41) is 5.02. The lowest BCUT2D eigenvalue weighted by molar-refractivity contribution is 0.412. The molecular weight excluding hydrogens is 306 g/mol. The Morgan fingerprint density at radius 2 is 1.92 bits per heavy atom. The first-order chi connectivity index (χ1) is 11.4. The zero-order valence-electron chi connectivity index (χ0n) is 14.2. The summed E-state index contributed by atoms with van der Waals surface area (Å²) in [6.45, 7) is 5.84. The summed E-state index contributed by atoms with van der Waals surface area (Å²) in [5.74, 6) is 1.31. The topological polar surface area (TPSA) is 65.5 Å². The van der Waals surface area contributed by atoms with Gasteiger partial charge in [-0.1, -0.05) is 12.1 Å². The predicted octanol–water partition coefficient (Wildman–Crippen LogP) is 4.12. The first kappa shape index (κ1) is 15.0. The number of benzene rings is 1. The number of rotatable bonds is 3. The van der Waals surface area contributed by atoms with Crippen molar-refractivity contribution in [1.29, 1.82) is 0 Å². The Hall–Kier alpha value is -2.56. The molecule has 24 heavy (non-hydrogen) atoms. The molecule has 0 radical (unpaired) electrons. The molecule has 0 aliphatic heterocycles. The molecule has 0 atom stereocenters. The van der Waals surface area contributed by atoms with Gasteiger partial charge in [-0.25, -0.2) is 4.79 Å². The molecule has 4 rings (SSSR count). The van der Waals surface area contributed by atoms with E-state index in [4.69, 9.17) is 13.7 Å². The maximum atomic E-state index is 12.0. The van der Waals surface area contributed by atoms with Crippen LogP contribution in [0.2, 0.25) is 0 Å². The molecule has 1 saturated carbocycles. The normalized spacial score (nSPS) is 15.7. The van der Waals surface area contributed by atoms with Crippen molar-refractivity contribution in [3.05, 3.63) is 45.4 Å². The molecule has 5 heteroatoms. The molecule has 1 aliphatic carbocycles. The van der Waals surface area contributed by atoms with Gasteiger partial charge in [-0.3, -0.25) is 0 Å². The third-order valence-corrected chi connectivity index (χ3v) is 5.15. The Morgan fingerprint density at radius 3 is 2.58 bits per heavy atom. The summed E-state index contributed by atoms with van der Waals surface area (Å²) in [6.07, 6.45) is 2.26. The number of aryl methyl sites for hydroxylation is 1. The molecule has 124 valence electrons. The van der Waals surface area contributed by atoms with E-state index in [1.807, 2.05) is 25.1 Å². The highest BCUT2D eigenvalue weighted by Gasteiger charge is 2.42. The molecule has 0 N–H and O–H groups in total. The van der Waals surface area contributed by atoms with E-state index in [0.29, 0.717) is 22.7 Å². The van der Waals surface area contributed by atoms with Crippen LogP contribution in [0.4, 0.5) is 0 Å². The third-order valence-electron chi connectivity index (χ3n) is 5.15. The predicted molar refractivity (Wildman–Crippen MR) is 90.6 cm³/mol. The van der Waals surface area contributed by atoms with Crippen LogP contribution in [-0.4, -0.2) is 12.3 Å². The molecule has 1 aromatic carbocycles. The number of fused-ring (bicyclic) bond motifs is 1. The van der Waals surface area contributed by atoms with Crippen molar-refractivity contribution in [2.75, 3.05) is 7.11 Å². The van der Waals surface area contributed by atoms with Gasteiger partial charge in [0.25, 0.3) is 0 Å². The summed E-state index contributed by atoms with van der Waals surface area (Å²) in [7, 11) is 1.61. The molecule has 3 aromatic rings. The summed E-state index contributed by atoms with van der Waals surface area (Å²) in [5.41, 5.74) is 3.52. The molecule has 0 bridgehead atoms. The Labute approximate surface area is 139 Å². The third kappa shape index (κ3) is 2.15. The Kier molecular flexibility index (Phi) is 3.10. The van der Waals surface area contributed by atoms with Gasteiger partial charge in [0.1, 0.15) is 11.3 Å². The number of nitrogens with zero attached hydrogens (tertiary/aromatic N) is 1. The monoisotopic (exact) mass is 325 g/mol. The second-order valence-corrected chi connectivity index (χ2v) is 6.83. The molecular formula is C19H19NO4. The van der Waals surface area contributed by atoms with Gasteiger partial charge in [0.2, 0.25) is 0 Å². The number of ether oxygens (including phenoxy) is 1. The highest BCUT2D eigenvalue weighted by Crippen LogP contribution is 2.48. The summed E-state index contributed by atoms with van der Waals surface area (Å²) < 4.78 is 16.5. The standard InChI is InChI=1S/C19H19NO4/c1-10-11(2)18(21)23-15-8-12(7-14(22-4)17(10)15)13-9-16(20-24-13)19(3)5-6-19/h7-9H,5-6H2,1-4H3. The molecule has 1 aliphatic rings. The lowest BCUT2D eigenvalue weighted by Crippen LogP contribution is -2.06. The van der Waals surface area contributed by atoms with E-state index in [1.165, 1.54) is 0 Å². The van der Waals surface area contributed by atoms with E-state index in [9.17, 15) is 4.79 Å². The van der Waals surface area contributed by atoms with E-state index in [0.717, 1.165) is 35.0 Å². The largest absolute Gasteiger partial charge is 0.496 e. The van der Waals surface area contributed by atoms with E-state index >= 15 is 0 Å². The highest BCUT2D eigenvalue weighted by molar-refractivity contribution is 5.91. The zero-order chi connectivity index (χ0) is 17.1. The van der Waals surface area contributed by atoms with E-state index in [-0.39, 0.29) is 11.0 Å². The summed E-state index contributed by atoms with van der Waals surface area (Å²) in [6, 6.07) is 5.67.